The van der Waals surface area contributed by atoms with Gasteiger partial charge in [-0.2, -0.15) is 0 Å². The molecule has 0 aromatic heterocycles. The second-order valence-corrected chi connectivity index (χ2v) is 8.29. The first kappa shape index (κ1) is 12.5. The van der Waals surface area contributed by atoms with Crippen LogP contribution in [0.25, 0.3) is 0 Å². The van der Waals surface area contributed by atoms with Crippen LogP contribution in [0.4, 0.5) is 0 Å². The maximum absolute atomic E-state index is 5.71. The van der Waals surface area contributed by atoms with Crippen molar-refractivity contribution in [3.8, 4) is 5.75 Å². The van der Waals surface area contributed by atoms with Gasteiger partial charge in [0.15, 0.2) is 0 Å². The maximum atomic E-state index is 5.71. The van der Waals surface area contributed by atoms with E-state index in [4.69, 9.17) is 4.74 Å². The van der Waals surface area contributed by atoms with Crippen LogP contribution in [-0.2, 0) is 5.41 Å². The SMILES string of the molecule is COc1cc(I)ccc1C12CC3CC(CC(C3)C1)C2. The highest BCUT2D eigenvalue weighted by Crippen LogP contribution is 2.61. The zero-order chi connectivity index (χ0) is 13.0. The van der Waals surface area contributed by atoms with E-state index in [0.717, 1.165) is 23.5 Å². The first-order chi connectivity index (χ1) is 9.18. The van der Waals surface area contributed by atoms with Gasteiger partial charge in [0, 0.05) is 9.13 Å². The van der Waals surface area contributed by atoms with E-state index in [0.29, 0.717) is 5.41 Å². The van der Waals surface area contributed by atoms with Gasteiger partial charge in [0.1, 0.15) is 5.75 Å². The molecule has 0 atom stereocenters. The van der Waals surface area contributed by atoms with E-state index in [1.54, 1.807) is 0 Å². The number of hydrogen-bond acceptors (Lipinski definition) is 1. The van der Waals surface area contributed by atoms with Crippen molar-refractivity contribution in [2.75, 3.05) is 7.11 Å². The highest BCUT2D eigenvalue weighted by atomic mass is 127. The van der Waals surface area contributed by atoms with Gasteiger partial charge in [0.05, 0.1) is 7.11 Å². The van der Waals surface area contributed by atoms with E-state index >= 15 is 0 Å². The summed E-state index contributed by atoms with van der Waals surface area (Å²) in [6.07, 6.45) is 8.76. The van der Waals surface area contributed by atoms with Crippen molar-refractivity contribution < 1.29 is 4.74 Å². The van der Waals surface area contributed by atoms with E-state index in [9.17, 15) is 0 Å². The number of benzene rings is 1. The smallest absolute Gasteiger partial charge is 0.123 e. The maximum Gasteiger partial charge on any atom is 0.123 e. The van der Waals surface area contributed by atoms with Gasteiger partial charge in [-0.05, 0) is 96.4 Å². The van der Waals surface area contributed by atoms with E-state index in [1.807, 2.05) is 7.11 Å². The fraction of sp³-hybridized carbons (Fsp3) is 0.647. The number of halogens is 1. The van der Waals surface area contributed by atoms with Gasteiger partial charge >= 0.3 is 0 Å². The fourth-order valence-electron chi connectivity index (χ4n) is 5.54. The molecule has 5 rings (SSSR count). The van der Waals surface area contributed by atoms with Gasteiger partial charge in [0.25, 0.3) is 0 Å². The lowest BCUT2D eigenvalue weighted by atomic mass is 9.48. The summed E-state index contributed by atoms with van der Waals surface area (Å²) in [6.45, 7) is 0. The molecule has 1 nitrogen and oxygen atoms in total. The summed E-state index contributed by atoms with van der Waals surface area (Å²) in [5.41, 5.74) is 1.96. The fourth-order valence-corrected chi connectivity index (χ4v) is 6.01. The third-order valence-electron chi connectivity index (χ3n) is 5.77. The van der Waals surface area contributed by atoms with E-state index in [2.05, 4.69) is 40.8 Å². The molecule has 0 amide bonds. The van der Waals surface area contributed by atoms with Gasteiger partial charge in [-0.3, -0.25) is 0 Å². The van der Waals surface area contributed by atoms with Gasteiger partial charge in [0.2, 0.25) is 0 Å². The third-order valence-corrected chi connectivity index (χ3v) is 6.44. The zero-order valence-corrected chi connectivity index (χ0v) is 13.7. The molecule has 4 aliphatic rings. The van der Waals surface area contributed by atoms with Crippen molar-refractivity contribution >= 4 is 22.6 Å². The minimum absolute atomic E-state index is 0.449. The zero-order valence-electron chi connectivity index (χ0n) is 11.5. The van der Waals surface area contributed by atoms with Crippen molar-refractivity contribution in [2.24, 2.45) is 17.8 Å². The Bertz CT molecular complexity index is 473. The molecular formula is C17H21IO. The molecule has 19 heavy (non-hydrogen) atoms. The predicted octanol–water partition coefficient (Wildman–Crippen LogP) is 4.77. The summed E-state index contributed by atoms with van der Waals surface area (Å²) < 4.78 is 6.99. The van der Waals surface area contributed by atoms with Crippen molar-refractivity contribution in [2.45, 2.75) is 43.9 Å². The summed E-state index contributed by atoms with van der Waals surface area (Å²) in [4.78, 5) is 0. The van der Waals surface area contributed by atoms with Crippen LogP contribution < -0.4 is 4.74 Å². The van der Waals surface area contributed by atoms with Crippen LogP contribution in [-0.4, -0.2) is 7.11 Å². The monoisotopic (exact) mass is 368 g/mol. The van der Waals surface area contributed by atoms with Crippen molar-refractivity contribution in [3.05, 3.63) is 27.3 Å². The van der Waals surface area contributed by atoms with Gasteiger partial charge in [-0.1, -0.05) is 6.07 Å². The lowest BCUT2D eigenvalue weighted by Crippen LogP contribution is -2.48. The lowest BCUT2D eigenvalue weighted by molar-refractivity contribution is -0.00616. The molecule has 2 heteroatoms. The molecule has 0 saturated heterocycles. The Kier molecular flexibility index (Phi) is 2.87. The predicted molar refractivity (Wildman–Crippen MR) is 85.6 cm³/mol. The highest BCUT2D eigenvalue weighted by molar-refractivity contribution is 14.1. The van der Waals surface area contributed by atoms with Crippen LogP contribution in [0, 0.1) is 21.3 Å². The molecule has 1 aromatic carbocycles. The molecule has 4 bridgehead atoms. The average molecular weight is 368 g/mol. The van der Waals surface area contributed by atoms with Crippen LogP contribution in [0.3, 0.4) is 0 Å². The molecule has 0 aliphatic heterocycles. The van der Waals surface area contributed by atoms with Crippen LogP contribution in [0.15, 0.2) is 18.2 Å². The Morgan fingerprint density at radius 2 is 1.63 bits per heavy atom. The van der Waals surface area contributed by atoms with Crippen LogP contribution >= 0.6 is 22.6 Å². The molecule has 0 N–H and O–H groups in total. The van der Waals surface area contributed by atoms with Gasteiger partial charge in [-0.25, -0.2) is 0 Å². The first-order valence-electron chi connectivity index (χ1n) is 7.52. The largest absolute Gasteiger partial charge is 0.496 e. The van der Waals surface area contributed by atoms with Crippen LogP contribution in [0.1, 0.15) is 44.1 Å². The molecule has 0 unspecified atom stereocenters. The van der Waals surface area contributed by atoms with Crippen molar-refractivity contribution in [3.63, 3.8) is 0 Å². The summed E-state index contributed by atoms with van der Waals surface area (Å²) in [6, 6.07) is 6.83. The molecular weight excluding hydrogens is 347 g/mol. The highest BCUT2D eigenvalue weighted by Gasteiger charge is 2.52. The first-order valence-corrected chi connectivity index (χ1v) is 8.60. The average Bonchev–Trinajstić information content (AvgIpc) is 2.36. The number of ether oxygens (including phenoxy) is 1. The quantitative estimate of drug-likeness (QED) is 0.684. The summed E-state index contributed by atoms with van der Waals surface area (Å²) in [5.74, 6) is 4.12. The number of rotatable bonds is 2. The Balaban J connectivity index is 1.79. The summed E-state index contributed by atoms with van der Waals surface area (Å²) >= 11 is 2.38. The molecule has 0 heterocycles. The standard InChI is InChI=1S/C17H21IO/c1-19-16-7-14(18)2-3-15(16)17-8-11-4-12(9-17)6-13(5-11)10-17/h2-3,7,11-13H,4-6,8-10H2,1H3. The van der Waals surface area contributed by atoms with Crippen molar-refractivity contribution in [1.82, 2.24) is 0 Å². The Morgan fingerprint density at radius 1 is 1.05 bits per heavy atom. The minimum atomic E-state index is 0.449. The molecule has 4 aliphatic carbocycles. The van der Waals surface area contributed by atoms with Gasteiger partial charge < -0.3 is 4.74 Å². The lowest BCUT2D eigenvalue weighted by Gasteiger charge is -2.57. The molecule has 1 aromatic rings. The van der Waals surface area contributed by atoms with Crippen LogP contribution in [0.2, 0.25) is 0 Å². The topological polar surface area (TPSA) is 9.23 Å². The van der Waals surface area contributed by atoms with E-state index < -0.39 is 0 Å². The van der Waals surface area contributed by atoms with Crippen molar-refractivity contribution in [1.29, 1.82) is 0 Å². The molecule has 4 fully saturated rings. The second-order valence-electron chi connectivity index (χ2n) is 7.04. The minimum Gasteiger partial charge on any atom is -0.496 e. The normalized spacial score (nSPS) is 39.6. The number of hydrogen-bond donors (Lipinski definition) is 0. The Morgan fingerprint density at radius 3 is 2.16 bits per heavy atom. The van der Waals surface area contributed by atoms with E-state index in [1.165, 1.54) is 47.7 Å². The summed E-state index contributed by atoms with van der Waals surface area (Å²) in [5, 5.41) is 0. The Labute approximate surface area is 129 Å². The van der Waals surface area contributed by atoms with E-state index in [-0.39, 0.29) is 0 Å². The second kappa shape index (κ2) is 4.37. The van der Waals surface area contributed by atoms with Gasteiger partial charge in [-0.15, -0.1) is 0 Å². The van der Waals surface area contributed by atoms with Crippen LogP contribution in [0.5, 0.6) is 5.75 Å². The molecule has 0 radical (unpaired) electrons. The molecule has 0 spiro atoms. The molecule has 4 saturated carbocycles. The third kappa shape index (κ3) is 1.93. The summed E-state index contributed by atoms with van der Waals surface area (Å²) in [7, 11) is 1.83. The number of methoxy groups -OCH3 is 1. The molecule has 102 valence electrons. The Hall–Kier alpha value is -0.250.